The summed E-state index contributed by atoms with van der Waals surface area (Å²) < 4.78 is 32.0. The van der Waals surface area contributed by atoms with E-state index in [2.05, 4.69) is 6.92 Å². The van der Waals surface area contributed by atoms with Crippen molar-refractivity contribution in [2.75, 3.05) is 19.0 Å². The van der Waals surface area contributed by atoms with E-state index in [1.54, 1.807) is 10.4 Å². The normalized spacial score (nSPS) is 22.9. The van der Waals surface area contributed by atoms with Crippen molar-refractivity contribution in [1.29, 1.82) is 0 Å². The monoisotopic (exact) mass is 331 g/mol. The predicted molar refractivity (Wildman–Crippen MR) is 84.9 cm³/mol. The molecule has 1 saturated heterocycles. The van der Waals surface area contributed by atoms with Gasteiger partial charge in [-0.1, -0.05) is 43.5 Å². The van der Waals surface area contributed by atoms with Crippen molar-refractivity contribution in [3.63, 3.8) is 0 Å². The number of benzene rings is 1. The zero-order valence-electron chi connectivity index (χ0n) is 12.3. The number of nitrogens with zero attached hydrogens (tertiary/aromatic N) is 1. The fraction of sp³-hybridized carbons (Fsp3) is 0.600. The highest BCUT2D eigenvalue weighted by molar-refractivity contribution is 7.89. The maximum absolute atomic E-state index is 12.5. The highest BCUT2D eigenvalue weighted by atomic mass is 35.5. The Morgan fingerprint density at radius 2 is 2.24 bits per heavy atom. The molecule has 1 aliphatic rings. The fourth-order valence-electron chi connectivity index (χ4n) is 2.52. The van der Waals surface area contributed by atoms with Crippen molar-refractivity contribution >= 4 is 21.6 Å². The molecule has 4 nitrogen and oxygen atoms in total. The van der Waals surface area contributed by atoms with Crippen molar-refractivity contribution < 1.29 is 13.2 Å². The van der Waals surface area contributed by atoms with Gasteiger partial charge in [0.1, 0.15) is 0 Å². The summed E-state index contributed by atoms with van der Waals surface area (Å²) in [5, 5.41) is 0.626. The third-order valence-corrected chi connectivity index (χ3v) is 5.74. The first kappa shape index (κ1) is 16.7. The van der Waals surface area contributed by atoms with Crippen LogP contribution in [0.5, 0.6) is 0 Å². The smallest absolute Gasteiger partial charge is 0.217 e. The number of unbranched alkanes of at least 4 members (excludes halogenated alkanes) is 1. The third-order valence-electron chi connectivity index (χ3n) is 3.68. The van der Waals surface area contributed by atoms with Gasteiger partial charge in [-0.25, -0.2) is 8.42 Å². The minimum Gasteiger partial charge on any atom is -0.379 e. The van der Waals surface area contributed by atoms with Gasteiger partial charge in [-0.2, -0.15) is 4.31 Å². The number of hydrogen-bond donors (Lipinski definition) is 0. The van der Waals surface area contributed by atoms with Crippen molar-refractivity contribution in [1.82, 2.24) is 4.31 Å². The van der Waals surface area contributed by atoms with Gasteiger partial charge in [0.2, 0.25) is 10.0 Å². The summed E-state index contributed by atoms with van der Waals surface area (Å²) in [6, 6.07) is 7.28. The van der Waals surface area contributed by atoms with Gasteiger partial charge in [0.25, 0.3) is 0 Å². The molecule has 1 unspecified atom stereocenters. The minimum absolute atomic E-state index is 0.0518. The zero-order valence-corrected chi connectivity index (χ0v) is 13.9. The van der Waals surface area contributed by atoms with Gasteiger partial charge in [0.15, 0.2) is 0 Å². The predicted octanol–water partition coefficient (Wildman–Crippen LogP) is 3.06. The summed E-state index contributed by atoms with van der Waals surface area (Å²) in [6.07, 6.45) is 2.87. The molecule has 0 bridgehead atoms. The van der Waals surface area contributed by atoms with Crippen LogP contribution >= 0.6 is 11.6 Å². The van der Waals surface area contributed by atoms with Crippen LogP contribution in [0.15, 0.2) is 24.3 Å². The molecule has 1 aliphatic heterocycles. The van der Waals surface area contributed by atoms with E-state index in [1.807, 2.05) is 18.2 Å². The Morgan fingerprint density at radius 3 is 2.95 bits per heavy atom. The number of hydrogen-bond acceptors (Lipinski definition) is 3. The second-order valence-electron chi connectivity index (χ2n) is 5.36. The maximum Gasteiger partial charge on any atom is 0.217 e. The van der Waals surface area contributed by atoms with E-state index >= 15 is 0 Å². The molecule has 2 rings (SSSR count). The lowest BCUT2D eigenvalue weighted by molar-refractivity contribution is 0.105. The molecule has 1 fully saturated rings. The van der Waals surface area contributed by atoms with Crippen LogP contribution in [0.1, 0.15) is 31.7 Å². The van der Waals surface area contributed by atoms with Gasteiger partial charge >= 0.3 is 0 Å². The molecule has 0 N–H and O–H groups in total. The highest BCUT2D eigenvalue weighted by Gasteiger charge is 2.32. The molecule has 21 heavy (non-hydrogen) atoms. The molecular weight excluding hydrogens is 310 g/mol. The lowest BCUT2D eigenvalue weighted by Gasteiger charge is -2.28. The van der Waals surface area contributed by atoms with Crippen LogP contribution in [-0.2, 0) is 21.3 Å². The molecule has 1 heterocycles. The second-order valence-corrected chi connectivity index (χ2v) is 7.84. The Balaban J connectivity index is 2.23. The standard InChI is InChI=1S/C15H22ClNO3S/c1-2-3-7-15-12-20-8-9-21(18,19)17(15)11-13-5-4-6-14(16)10-13/h4-6,10,15H,2-3,7-9,11-12H2,1H3. The van der Waals surface area contributed by atoms with Gasteiger partial charge in [-0.05, 0) is 24.1 Å². The Kier molecular flexibility index (Phi) is 6.05. The number of halogens is 1. The van der Waals surface area contributed by atoms with E-state index < -0.39 is 10.0 Å². The van der Waals surface area contributed by atoms with Crippen molar-refractivity contribution in [2.45, 2.75) is 38.8 Å². The molecule has 0 saturated carbocycles. The van der Waals surface area contributed by atoms with Gasteiger partial charge < -0.3 is 4.74 Å². The molecule has 0 aliphatic carbocycles. The van der Waals surface area contributed by atoms with Gasteiger partial charge in [-0.3, -0.25) is 0 Å². The van der Waals surface area contributed by atoms with Crippen LogP contribution in [0.4, 0.5) is 0 Å². The van der Waals surface area contributed by atoms with E-state index in [0.717, 1.165) is 24.8 Å². The number of sulfonamides is 1. The van der Waals surface area contributed by atoms with E-state index in [9.17, 15) is 8.42 Å². The average molecular weight is 332 g/mol. The van der Waals surface area contributed by atoms with Crippen LogP contribution in [0.2, 0.25) is 5.02 Å². The Bertz CT molecular complexity index is 562. The van der Waals surface area contributed by atoms with Crippen LogP contribution in [0.3, 0.4) is 0 Å². The van der Waals surface area contributed by atoms with Crippen molar-refractivity contribution in [3.8, 4) is 0 Å². The largest absolute Gasteiger partial charge is 0.379 e. The Morgan fingerprint density at radius 1 is 1.43 bits per heavy atom. The third kappa shape index (κ3) is 4.68. The van der Waals surface area contributed by atoms with Crippen LogP contribution in [0.25, 0.3) is 0 Å². The molecule has 6 heteroatoms. The molecule has 1 atom stereocenters. The van der Waals surface area contributed by atoms with Crippen LogP contribution in [-0.4, -0.2) is 37.7 Å². The lowest BCUT2D eigenvalue weighted by Crippen LogP contribution is -2.41. The molecular formula is C15H22ClNO3S. The summed E-state index contributed by atoms with van der Waals surface area (Å²) in [6.45, 7) is 3.21. The van der Waals surface area contributed by atoms with E-state index in [4.69, 9.17) is 16.3 Å². The Hall–Kier alpha value is -0.620. The van der Waals surface area contributed by atoms with Gasteiger partial charge in [-0.15, -0.1) is 0 Å². The summed E-state index contributed by atoms with van der Waals surface area (Å²) in [7, 11) is -3.29. The first-order valence-corrected chi connectivity index (χ1v) is 9.33. The fourth-order valence-corrected chi connectivity index (χ4v) is 4.26. The lowest BCUT2D eigenvalue weighted by atomic mass is 10.1. The summed E-state index contributed by atoms with van der Waals surface area (Å²) >= 11 is 5.99. The zero-order chi connectivity index (χ0) is 15.3. The summed E-state index contributed by atoms with van der Waals surface area (Å²) in [5.74, 6) is 0.0518. The molecule has 0 radical (unpaired) electrons. The quantitative estimate of drug-likeness (QED) is 0.833. The van der Waals surface area contributed by atoms with Crippen molar-refractivity contribution in [3.05, 3.63) is 34.9 Å². The number of rotatable bonds is 5. The minimum atomic E-state index is -3.29. The molecule has 0 spiro atoms. The SMILES string of the molecule is CCCCC1COCCS(=O)(=O)N1Cc1cccc(Cl)c1. The van der Waals surface area contributed by atoms with Crippen LogP contribution < -0.4 is 0 Å². The molecule has 0 amide bonds. The summed E-state index contributed by atoms with van der Waals surface area (Å²) in [5.41, 5.74) is 0.912. The average Bonchev–Trinajstić information content (AvgIpc) is 2.57. The highest BCUT2D eigenvalue weighted by Crippen LogP contribution is 2.22. The van der Waals surface area contributed by atoms with E-state index in [0.29, 0.717) is 18.2 Å². The second kappa shape index (κ2) is 7.58. The molecule has 118 valence electrons. The Labute approximate surface area is 132 Å². The molecule has 1 aromatic carbocycles. The van der Waals surface area contributed by atoms with E-state index in [-0.39, 0.29) is 18.4 Å². The van der Waals surface area contributed by atoms with Gasteiger partial charge in [0.05, 0.1) is 19.0 Å². The molecule has 1 aromatic rings. The van der Waals surface area contributed by atoms with Gasteiger partial charge in [0, 0.05) is 17.6 Å². The first-order valence-electron chi connectivity index (χ1n) is 7.34. The number of ether oxygens (including phenoxy) is 1. The topological polar surface area (TPSA) is 46.6 Å². The molecule has 0 aromatic heterocycles. The first-order chi connectivity index (χ1) is 10.0. The maximum atomic E-state index is 12.5. The van der Waals surface area contributed by atoms with Crippen molar-refractivity contribution in [2.24, 2.45) is 0 Å². The van der Waals surface area contributed by atoms with Crippen LogP contribution in [0, 0.1) is 0 Å². The summed E-state index contributed by atoms with van der Waals surface area (Å²) in [4.78, 5) is 0. The van der Waals surface area contributed by atoms with E-state index in [1.165, 1.54) is 0 Å².